The van der Waals surface area contributed by atoms with Crippen molar-refractivity contribution in [2.75, 3.05) is 0 Å². The van der Waals surface area contributed by atoms with Gasteiger partial charge in [0.25, 0.3) is 0 Å². The minimum atomic E-state index is -4.94. The molecule has 0 aliphatic heterocycles. The predicted octanol–water partition coefficient (Wildman–Crippen LogP) is 3.86. The van der Waals surface area contributed by atoms with Gasteiger partial charge in [0, 0.05) is 18.0 Å². The smallest absolute Gasteiger partial charge is 0.403 e. The molecule has 0 bridgehead atoms. The lowest BCUT2D eigenvalue weighted by Gasteiger charge is -2.13. The molecule has 2 aromatic rings. The Bertz CT molecular complexity index is 629. The Morgan fingerprint density at radius 3 is 2.55 bits per heavy atom. The molecule has 0 fully saturated rings. The zero-order chi connectivity index (χ0) is 14.8. The fourth-order valence-electron chi connectivity index (χ4n) is 1.56. The molecule has 1 aromatic heterocycles. The van der Waals surface area contributed by atoms with Gasteiger partial charge in [0.1, 0.15) is 0 Å². The second kappa shape index (κ2) is 5.50. The van der Waals surface area contributed by atoms with Crippen LogP contribution in [0, 0.1) is 0 Å². The highest BCUT2D eigenvalue weighted by molar-refractivity contribution is 6.33. The van der Waals surface area contributed by atoms with Gasteiger partial charge in [0.2, 0.25) is 0 Å². The van der Waals surface area contributed by atoms with Crippen LogP contribution < -0.4 is 4.74 Å². The number of ketones is 1. The Morgan fingerprint density at radius 2 is 1.95 bits per heavy atom. The summed E-state index contributed by atoms with van der Waals surface area (Å²) in [6.07, 6.45) is -2.24. The van der Waals surface area contributed by atoms with E-state index in [0.717, 1.165) is 0 Å². The molecule has 0 spiro atoms. The third-order valence-electron chi connectivity index (χ3n) is 2.35. The first kappa shape index (κ1) is 14.3. The van der Waals surface area contributed by atoms with E-state index in [1.54, 1.807) is 0 Å². The van der Waals surface area contributed by atoms with E-state index in [4.69, 9.17) is 11.6 Å². The maximum atomic E-state index is 12.4. The summed E-state index contributed by atoms with van der Waals surface area (Å²) < 4.78 is 40.9. The van der Waals surface area contributed by atoms with E-state index in [0.29, 0.717) is 0 Å². The summed E-state index contributed by atoms with van der Waals surface area (Å²) in [6, 6.07) is 6.73. The molecule has 0 amide bonds. The van der Waals surface area contributed by atoms with Gasteiger partial charge in [-0.3, -0.25) is 9.78 Å². The van der Waals surface area contributed by atoms with E-state index in [9.17, 15) is 18.0 Å². The van der Waals surface area contributed by atoms with Crippen LogP contribution in [0.15, 0.2) is 42.7 Å². The number of aromatic nitrogens is 1. The Morgan fingerprint density at radius 1 is 1.20 bits per heavy atom. The quantitative estimate of drug-likeness (QED) is 0.808. The maximum Gasteiger partial charge on any atom is 0.573 e. The van der Waals surface area contributed by atoms with Crippen LogP contribution in [-0.4, -0.2) is 17.1 Å². The van der Waals surface area contributed by atoms with Gasteiger partial charge in [-0.25, -0.2) is 0 Å². The zero-order valence-electron chi connectivity index (χ0n) is 9.82. The van der Waals surface area contributed by atoms with Crippen LogP contribution in [0.2, 0.25) is 5.02 Å². The number of rotatable bonds is 3. The van der Waals surface area contributed by atoms with Crippen molar-refractivity contribution in [3.8, 4) is 5.75 Å². The first-order valence-electron chi connectivity index (χ1n) is 5.37. The number of benzene rings is 1. The predicted molar refractivity (Wildman–Crippen MR) is 65.8 cm³/mol. The summed E-state index contributed by atoms with van der Waals surface area (Å²) in [7, 11) is 0. The van der Waals surface area contributed by atoms with E-state index in [-0.39, 0.29) is 16.1 Å². The van der Waals surface area contributed by atoms with Gasteiger partial charge in [-0.05, 0) is 24.3 Å². The van der Waals surface area contributed by atoms with Crippen molar-refractivity contribution in [3.05, 3.63) is 58.9 Å². The number of pyridine rings is 1. The number of carbonyl (C=O) groups excluding carboxylic acids is 1. The Labute approximate surface area is 117 Å². The summed E-state index contributed by atoms with van der Waals surface area (Å²) in [5.41, 5.74) is -0.135. The second-order valence-corrected chi connectivity index (χ2v) is 4.14. The van der Waals surface area contributed by atoms with E-state index < -0.39 is 17.9 Å². The number of alkyl halides is 3. The lowest BCUT2D eigenvalue weighted by molar-refractivity contribution is -0.274. The summed E-state index contributed by atoms with van der Waals surface area (Å²) in [5, 5.41) is -0.294. The molecule has 0 saturated heterocycles. The number of nitrogens with zero attached hydrogens (tertiary/aromatic N) is 1. The first-order valence-corrected chi connectivity index (χ1v) is 5.75. The average Bonchev–Trinajstić information content (AvgIpc) is 2.40. The summed E-state index contributed by atoms with van der Waals surface area (Å²) in [6.45, 7) is 0. The molecule has 104 valence electrons. The van der Waals surface area contributed by atoms with Crippen molar-refractivity contribution in [1.82, 2.24) is 4.98 Å². The van der Waals surface area contributed by atoms with E-state index in [1.807, 2.05) is 0 Å². The van der Waals surface area contributed by atoms with E-state index >= 15 is 0 Å². The SMILES string of the molecule is O=C(c1cccnc1)c1cccc(Cl)c1OC(F)(F)F. The van der Waals surface area contributed by atoms with Gasteiger partial charge < -0.3 is 4.74 Å². The second-order valence-electron chi connectivity index (χ2n) is 3.74. The van der Waals surface area contributed by atoms with Crippen molar-refractivity contribution in [1.29, 1.82) is 0 Å². The molecule has 0 N–H and O–H groups in total. The van der Waals surface area contributed by atoms with Crippen molar-refractivity contribution < 1.29 is 22.7 Å². The summed E-state index contributed by atoms with van der Waals surface area (Å²) in [4.78, 5) is 15.9. The van der Waals surface area contributed by atoms with Crippen molar-refractivity contribution in [2.24, 2.45) is 0 Å². The van der Waals surface area contributed by atoms with Gasteiger partial charge >= 0.3 is 6.36 Å². The standard InChI is InChI=1S/C13H7ClF3NO2/c14-10-5-1-4-9(12(10)20-13(15,16)17)11(19)8-3-2-6-18-7-8/h1-7H. The van der Waals surface area contributed by atoms with Crippen LogP contribution in [0.4, 0.5) is 13.2 Å². The van der Waals surface area contributed by atoms with Gasteiger partial charge in [-0.2, -0.15) is 0 Å². The molecule has 3 nitrogen and oxygen atoms in total. The molecule has 2 rings (SSSR count). The maximum absolute atomic E-state index is 12.4. The molecule has 0 atom stereocenters. The van der Waals surface area contributed by atoms with Crippen LogP contribution in [-0.2, 0) is 0 Å². The monoisotopic (exact) mass is 301 g/mol. The van der Waals surface area contributed by atoms with E-state index in [1.165, 1.54) is 42.7 Å². The van der Waals surface area contributed by atoms with Crippen molar-refractivity contribution >= 4 is 17.4 Å². The first-order chi connectivity index (χ1) is 9.38. The highest BCUT2D eigenvalue weighted by atomic mass is 35.5. The summed E-state index contributed by atoms with van der Waals surface area (Å²) in [5.74, 6) is -1.37. The number of para-hydroxylation sites is 1. The number of ether oxygens (including phenoxy) is 1. The number of carbonyl (C=O) groups is 1. The van der Waals surface area contributed by atoms with E-state index in [2.05, 4.69) is 9.72 Å². The third-order valence-corrected chi connectivity index (χ3v) is 2.65. The molecule has 1 heterocycles. The zero-order valence-corrected chi connectivity index (χ0v) is 10.6. The van der Waals surface area contributed by atoms with Crippen molar-refractivity contribution in [2.45, 2.75) is 6.36 Å². The van der Waals surface area contributed by atoms with Crippen LogP contribution in [0.1, 0.15) is 15.9 Å². The van der Waals surface area contributed by atoms with Gasteiger partial charge in [0.15, 0.2) is 11.5 Å². The van der Waals surface area contributed by atoms with Crippen LogP contribution in [0.3, 0.4) is 0 Å². The molecule has 0 aliphatic rings. The third kappa shape index (κ3) is 3.27. The Hall–Kier alpha value is -2.08. The number of hydrogen-bond acceptors (Lipinski definition) is 3. The fourth-order valence-corrected chi connectivity index (χ4v) is 1.77. The van der Waals surface area contributed by atoms with Gasteiger partial charge in [-0.15, -0.1) is 13.2 Å². The number of hydrogen-bond donors (Lipinski definition) is 0. The molecule has 0 radical (unpaired) electrons. The largest absolute Gasteiger partial charge is 0.573 e. The highest BCUT2D eigenvalue weighted by Crippen LogP contribution is 2.34. The number of halogens is 4. The molecular formula is C13H7ClF3NO2. The molecule has 20 heavy (non-hydrogen) atoms. The fraction of sp³-hybridized carbons (Fsp3) is 0.0769. The van der Waals surface area contributed by atoms with Crippen LogP contribution >= 0.6 is 11.6 Å². The molecule has 0 saturated carbocycles. The Kier molecular flexibility index (Phi) is 3.94. The molecule has 7 heteroatoms. The van der Waals surface area contributed by atoms with Gasteiger partial charge in [0.05, 0.1) is 10.6 Å². The van der Waals surface area contributed by atoms with Crippen LogP contribution in [0.5, 0.6) is 5.75 Å². The normalized spacial score (nSPS) is 11.2. The molecular weight excluding hydrogens is 295 g/mol. The summed E-state index contributed by atoms with van der Waals surface area (Å²) >= 11 is 5.67. The lowest BCUT2D eigenvalue weighted by Crippen LogP contribution is -2.19. The minimum absolute atomic E-state index is 0.141. The van der Waals surface area contributed by atoms with Gasteiger partial charge in [-0.1, -0.05) is 17.7 Å². The van der Waals surface area contributed by atoms with Crippen molar-refractivity contribution in [3.63, 3.8) is 0 Å². The lowest BCUT2D eigenvalue weighted by atomic mass is 10.0. The van der Waals surface area contributed by atoms with Crippen LogP contribution in [0.25, 0.3) is 0 Å². The topological polar surface area (TPSA) is 39.2 Å². The average molecular weight is 302 g/mol. The molecule has 0 unspecified atom stereocenters. The molecule has 1 aromatic carbocycles. The minimum Gasteiger partial charge on any atom is -0.403 e. The Balaban J connectivity index is 2.47. The highest BCUT2D eigenvalue weighted by Gasteiger charge is 2.34. The molecule has 0 aliphatic carbocycles.